The molecule has 158 valence electrons. The van der Waals surface area contributed by atoms with Crippen LogP contribution in [0.15, 0.2) is 30.5 Å². The van der Waals surface area contributed by atoms with Crippen molar-refractivity contribution >= 4 is 28.3 Å². The molecule has 1 aromatic heterocycles. The Morgan fingerprint density at radius 1 is 1.28 bits per heavy atom. The number of benzene rings is 1. The van der Waals surface area contributed by atoms with Crippen LogP contribution in [0, 0.1) is 6.92 Å². The molecule has 0 atom stereocenters. The number of aromatic nitrogens is 1. The number of nitrogens with zero attached hydrogens (tertiary/aromatic N) is 2. The van der Waals surface area contributed by atoms with Gasteiger partial charge in [0.25, 0.3) is 0 Å². The van der Waals surface area contributed by atoms with Crippen molar-refractivity contribution < 1.29 is 27.5 Å². The van der Waals surface area contributed by atoms with Gasteiger partial charge in [0.15, 0.2) is 5.13 Å². The summed E-state index contributed by atoms with van der Waals surface area (Å²) in [6.07, 6.45) is -3.20. The zero-order valence-corrected chi connectivity index (χ0v) is 16.9. The van der Waals surface area contributed by atoms with Gasteiger partial charge in [0.1, 0.15) is 0 Å². The molecule has 0 aliphatic carbocycles. The van der Waals surface area contributed by atoms with Crippen LogP contribution in [0.2, 0.25) is 0 Å². The summed E-state index contributed by atoms with van der Waals surface area (Å²) in [4.78, 5) is 29.8. The van der Waals surface area contributed by atoms with Gasteiger partial charge in [-0.15, -0.1) is 11.3 Å². The topological polar surface area (TPSA) is 71.5 Å². The summed E-state index contributed by atoms with van der Waals surface area (Å²) in [7, 11) is 1.13. The van der Waals surface area contributed by atoms with E-state index < -0.39 is 37.6 Å². The van der Waals surface area contributed by atoms with Crippen LogP contribution < -0.4 is 5.32 Å². The van der Waals surface area contributed by atoms with Gasteiger partial charge in [-0.25, -0.2) is 4.98 Å². The highest BCUT2D eigenvalue weighted by molar-refractivity contribution is 7.15. The number of esters is 1. The Hall–Kier alpha value is -2.46. The Kier molecular flexibility index (Phi) is 8.15. The number of amides is 1. The number of ether oxygens (including phenoxy) is 1. The molecular formula is C19H22F3N3O3S. The van der Waals surface area contributed by atoms with E-state index in [1.165, 1.54) is 11.3 Å². The van der Waals surface area contributed by atoms with Crippen molar-refractivity contribution in [2.24, 2.45) is 0 Å². The molecule has 1 N–H and O–H groups in total. The maximum absolute atomic E-state index is 12.5. The number of nitrogens with one attached hydrogen (secondary N) is 1. The van der Waals surface area contributed by atoms with Gasteiger partial charge < -0.3 is 10.1 Å². The molecule has 1 aromatic carbocycles. The number of halogens is 3. The summed E-state index contributed by atoms with van der Waals surface area (Å²) in [5, 5.41) is 2.93. The molecule has 0 saturated heterocycles. The average Bonchev–Trinajstić information content (AvgIpc) is 3.05. The van der Waals surface area contributed by atoms with E-state index in [1.54, 1.807) is 6.20 Å². The minimum absolute atomic E-state index is 0.353. The SMILES string of the molecule is COC(=O)CN(CCC(F)(F)F)CC(=O)Nc1ncc(Cc2cccc(C)c2)s1. The molecule has 0 spiro atoms. The minimum Gasteiger partial charge on any atom is -0.468 e. The fraction of sp³-hybridized carbons (Fsp3) is 0.421. The first-order valence-corrected chi connectivity index (χ1v) is 9.62. The van der Waals surface area contributed by atoms with E-state index in [0.717, 1.165) is 28.0 Å². The van der Waals surface area contributed by atoms with Crippen molar-refractivity contribution in [3.05, 3.63) is 46.5 Å². The number of thiazole rings is 1. The molecule has 1 heterocycles. The molecule has 29 heavy (non-hydrogen) atoms. The van der Waals surface area contributed by atoms with E-state index in [9.17, 15) is 22.8 Å². The van der Waals surface area contributed by atoms with E-state index in [-0.39, 0.29) is 6.54 Å². The van der Waals surface area contributed by atoms with Gasteiger partial charge in [-0.3, -0.25) is 14.5 Å². The maximum Gasteiger partial charge on any atom is 0.390 e. The Morgan fingerprint density at radius 2 is 2.03 bits per heavy atom. The zero-order valence-electron chi connectivity index (χ0n) is 16.1. The lowest BCUT2D eigenvalue weighted by Crippen LogP contribution is -2.39. The number of anilines is 1. The number of rotatable bonds is 9. The number of hydrogen-bond donors (Lipinski definition) is 1. The lowest BCUT2D eigenvalue weighted by atomic mass is 10.1. The molecule has 2 aromatic rings. The summed E-state index contributed by atoms with van der Waals surface area (Å²) in [6.45, 7) is 0.734. The molecule has 1 amide bonds. The Balaban J connectivity index is 1.93. The molecule has 6 nitrogen and oxygen atoms in total. The molecule has 0 aliphatic heterocycles. The van der Waals surface area contributed by atoms with E-state index >= 15 is 0 Å². The summed E-state index contributed by atoms with van der Waals surface area (Å²) < 4.78 is 41.9. The largest absolute Gasteiger partial charge is 0.468 e. The van der Waals surface area contributed by atoms with Gasteiger partial charge in [0.05, 0.1) is 26.6 Å². The van der Waals surface area contributed by atoms with Crippen LogP contribution in [0.5, 0.6) is 0 Å². The number of carbonyl (C=O) groups is 2. The van der Waals surface area contributed by atoms with Crippen LogP contribution in [0.4, 0.5) is 18.3 Å². The van der Waals surface area contributed by atoms with Gasteiger partial charge in [-0.05, 0) is 12.5 Å². The lowest BCUT2D eigenvalue weighted by Gasteiger charge is -2.20. The van der Waals surface area contributed by atoms with Gasteiger partial charge in [-0.1, -0.05) is 29.8 Å². The quantitative estimate of drug-likeness (QED) is 0.619. The predicted octanol–water partition coefficient (Wildman–Crippen LogP) is 3.41. The van der Waals surface area contributed by atoms with E-state index in [1.807, 2.05) is 25.1 Å². The van der Waals surface area contributed by atoms with Crippen molar-refractivity contribution in [1.82, 2.24) is 9.88 Å². The molecular weight excluding hydrogens is 407 g/mol. The smallest absolute Gasteiger partial charge is 0.390 e. The third-order valence-electron chi connectivity index (χ3n) is 3.92. The molecule has 0 fully saturated rings. The number of alkyl halides is 3. The second-order valence-electron chi connectivity index (χ2n) is 6.50. The van der Waals surface area contributed by atoms with Gasteiger partial charge in [-0.2, -0.15) is 13.2 Å². The lowest BCUT2D eigenvalue weighted by molar-refractivity contribution is -0.148. The maximum atomic E-state index is 12.5. The van der Waals surface area contributed by atoms with Crippen LogP contribution in [-0.4, -0.2) is 54.7 Å². The van der Waals surface area contributed by atoms with E-state index in [4.69, 9.17) is 0 Å². The number of aryl methyl sites for hydroxylation is 1. The molecule has 2 rings (SSSR count). The van der Waals surface area contributed by atoms with Gasteiger partial charge in [0.2, 0.25) is 5.91 Å². The second-order valence-corrected chi connectivity index (χ2v) is 7.61. The summed E-state index contributed by atoms with van der Waals surface area (Å²) in [5.74, 6) is -1.26. The third-order valence-corrected chi connectivity index (χ3v) is 4.83. The average molecular weight is 429 g/mol. The van der Waals surface area contributed by atoms with E-state index in [2.05, 4.69) is 21.1 Å². The Bertz CT molecular complexity index is 839. The van der Waals surface area contributed by atoms with Crippen molar-refractivity contribution in [2.45, 2.75) is 25.9 Å². The molecule has 0 aliphatic rings. The Labute approximate surface area is 170 Å². The normalized spacial score (nSPS) is 11.5. The second kappa shape index (κ2) is 10.4. The predicted molar refractivity (Wildman–Crippen MR) is 104 cm³/mol. The van der Waals surface area contributed by atoms with Crippen LogP contribution in [0.25, 0.3) is 0 Å². The summed E-state index contributed by atoms with van der Waals surface area (Å²) in [6, 6.07) is 8.02. The van der Waals surface area contributed by atoms with Crippen molar-refractivity contribution in [1.29, 1.82) is 0 Å². The standard InChI is InChI=1S/C19H22F3N3O3S/c1-13-4-3-5-14(8-13)9-15-10-23-18(29-15)24-16(26)11-25(12-17(27)28-2)7-6-19(20,21)22/h3-5,8,10H,6-7,9,11-12H2,1-2H3,(H,23,24,26). The fourth-order valence-electron chi connectivity index (χ4n) is 2.58. The highest BCUT2D eigenvalue weighted by Gasteiger charge is 2.29. The third kappa shape index (κ3) is 8.61. The fourth-order valence-corrected chi connectivity index (χ4v) is 3.44. The number of carbonyl (C=O) groups excluding carboxylic acids is 2. The number of methoxy groups -OCH3 is 1. The molecule has 0 radical (unpaired) electrons. The summed E-state index contributed by atoms with van der Waals surface area (Å²) in [5.41, 5.74) is 2.26. The zero-order chi connectivity index (χ0) is 21.4. The van der Waals surface area contributed by atoms with Crippen LogP contribution >= 0.6 is 11.3 Å². The van der Waals surface area contributed by atoms with Crippen molar-refractivity contribution in [3.63, 3.8) is 0 Å². The molecule has 0 unspecified atom stereocenters. The minimum atomic E-state index is -4.38. The monoisotopic (exact) mass is 429 g/mol. The van der Waals surface area contributed by atoms with Crippen molar-refractivity contribution in [3.8, 4) is 0 Å². The highest BCUT2D eigenvalue weighted by Crippen LogP contribution is 2.22. The molecule has 0 bridgehead atoms. The van der Waals surface area contributed by atoms with Crippen LogP contribution in [0.3, 0.4) is 0 Å². The first-order valence-electron chi connectivity index (χ1n) is 8.80. The van der Waals surface area contributed by atoms with Crippen LogP contribution in [0.1, 0.15) is 22.4 Å². The first kappa shape index (κ1) is 22.8. The number of hydrogen-bond acceptors (Lipinski definition) is 6. The summed E-state index contributed by atoms with van der Waals surface area (Å²) >= 11 is 1.29. The highest BCUT2D eigenvalue weighted by atomic mass is 32.1. The van der Waals surface area contributed by atoms with E-state index in [0.29, 0.717) is 11.6 Å². The first-order chi connectivity index (χ1) is 13.6. The van der Waals surface area contributed by atoms with Crippen molar-refractivity contribution in [2.75, 3.05) is 32.1 Å². The van der Waals surface area contributed by atoms with Crippen LogP contribution in [-0.2, 0) is 20.7 Å². The Morgan fingerprint density at radius 3 is 2.69 bits per heavy atom. The van der Waals surface area contributed by atoms with Gasteiger partial charge in [0, 0.05) is 24.0 Å². The van der Waals surface area contributed by atoms with Gasteiger partial charge >= 0.3 is 12.1 Å². The molecule has 10 heteroatoms. The molecule has 0 saturated carbocycles.